The SMILES string of the molecule is C(/C=C\c1ccccc1)=Nc1ccc(SSc2ccc(N=C/C=C/c3ccccc3)cc2)cc1. The van der Waals surface area contributed by atoms with Crippen molar-refractivity contribution in [1.82, 2.24) is 0 Å². The highest BCUT2D eigenvalue weighted by atomic mass is 33.1. The lowest BCUT2D eigenvalue weighted by atomic mass is 10.2. The molecule has 0 spiro atoms. The van der Waals surface area contributed by atoms with E-state index in [2.05, 4.69) is 58.5 Å². The molecular formula is C30H24N2S2. The van der Waals surface area contributed by atoms with Crippen LogP contribution in [0.4, 0.5) is 11.4 Å². The van der Waals surface area contributed by atoms with Crippen LogP contribution >= 0.6 is 21.6 Å². The van der Waals surface area contributed by atoms with Gasteiger partial charge < -0.3 is 0 Å². The fourth-order valence-corrected chi connectivity index (χ4v) is 4.90. The van der Waals surface area contributed by atoms with Crippen molar-refractivity contribution in [3.63, 3.8) is 0 Å². The van der Waals surface area contributed by atoms with E-state index in [9.17, 15) is 0 Å². The average Bonchev–Trinajstić information content (AvgIpc) is 2.90. The Balaban J connectivity index is 1.23. The summed E-state index contributed by atoms with van der Waals surface area (Å²) >= 11 is 0. The molecule has 4 aromatic rings. The van der Waals surface area contributed by atoms with Crippen LogP contribution in [0.2, 0.25) is 0 Å². The number of benzene rings is 4. The quantitative estimate of drug-likeness (QED) is 0.178. The summed E-state index contributed by atoms with van der Waals surface area (Å²) in [5.41, 5.74) is 4.21. The summed E-state index contributed by atoms with van der Waals surface area (Å²) in [4.78, 5) is 11.4. The van der Waals surface area contributed by atoms with Crippen LogP contribution in [0.1, 0.15) is 11.1 Å². The monoisotopic (exact) mass is 476 g/mol. The van der Waals surface area contributed by atoms with Gasteiger partial charge in [-0.2, -0.15) is 0 Å². The normalized spacial score (nSPS) is 11.9. The summed E-state index contributed by atoms with van der Waals surface area (Å²) < 4.78 is 0. The molecule has 0 aliphatic rings. The predicted molar refractivity (Wildman–Crippen MR) is 152 cm³/mol. The molecule has 4 rings (SSSR count). The van der Waals surface area contributed by atoms with Crippen molar-refractivity contribution in [2.24, 2.45) is 9.98 Å². The lowest BCUT2D eigenvalue weighted by Gasteiger charge is -2.02. The molecule has 0 aliphatic heterocycles. The van der Waals surface area contributed by atoms with Gasteiger partial charge in [0.15, 0.2) is 0 Å². The molecule has 0 bridgehead atoms. The minimum atomic E-state index is 0.940. The van der Waals surface area contributed by atoms with Crippen LogP contribution in [0.3, 0.4) is 0 Å². The number of aliphatic imine (C=N–C) groups is 2. The maximum atomic E-state index is 4.49. The molecule has 4 heteroatoms. The highest BCUT2D eigenvalue weighted by Gasteiger charge is 1.99. The van der Waals surface area contributed by atoms with Crippen LogP contribution < -0.4 is 0 Å². The molecule has 166 valence electrons. The summed E-state index contributed by atoms with van der Waals surface area (Å²) in [7, 11) is 3.47. The number of nitrogens with zero attached hydrogens (tertiary/aromatic N) is 2. The summed E-state index contributed by atoms with van der Waals surface area (Å²) in [6.07, 6.45) is 11.7. The van der Waals surface area contributed by atoms with Crippen LogP contribution in [-0.2, 0) is 0 Å². The van der Waals surface area contributed by atoms with E-state index in [-0.39, 0.29) is 0 Å². The highest BCUT2D eigenvalue weighted by Crippen LogP contribution is 2.38. The van der Waals surface area contributed by atoms with Crippen molar-refractivity contribution >= 4 is 57.5 Å². The molecule has 0 N–H and O–H groups in total. The Hall–Kier alpha value is -3.60. The Labute approximate surface area is 209 Å². The van der Waals surface area contributed by atoms with E-state index in [0.29, 0.717) is 0 Å². The van der Waals surface area contributed by atoms with Gasteiger partial charge in [0.2, 0.25) is 0 Å². The van der Waals surface area contributed by atoms with Gasteiger partial charge in [0.05, 0.1) is 11.4 Å². The van der Waals surface area contributed by atoms with Crippen molar-refractivity contribution in [2.45, 2.75) is 9.79 Å². The number of allylic oxidation sites excluding steroid dienone is 2. The van der Waals surface area contributed by atoms with E-state index in [1.54, 1.807) is 21.6 Å². The van der Waals surface area contributed by atoms with Gasteiger partial charge in [-0.15, -0.1) is 0 Å². The van der Waals surface area contributed by atoms with Crippen LogP contribution in [0.25, 0.3) is 12.2 Å². The molecule has 2 nitrogen and oxygen atoms in total. The number of hydrogen-bond donors (Lipinski definition) is 0. The first kappa shape index (κ1) is 23.6. The van der Waals surface area contributed by atoms with Crippen LogP contribution in [0.5, 0.6) is 0 Å². The second-order valence-electron chi connectivity index (χ2n) is 7.25. The molecule has 0 heterocycles. The Bertz CT molecular complexity index is 1160. The van der Waals surface area contributed by atoms with Gasteiger partial charge >= 0.3 is 0 Å². The first-order valence-corrected chi connectivity index (χ1v) is 13.1. The third kappa shape index (κ3) is 8.07. The molecule has 4 aromatic carbocycles. The van der Waals surface area contributed by atoms with Crippen molar-refractivity contribution < 1.29 is 0 Å². The minimum Gasteiger partial charge on any atom is -0.257 e. The van der Waals surface area contributed by atoms with E-state index in [1.807, 2.05) is 97.4 Å². The highest BCUT2D eigenvalue weighted by molar-refractivity contribution is 8.76. The van der Waals surface area contributed by atoms with Crippen molar-refractivity contribution in [1.29, 1.82) is 0 Å². The molecule has 0 radical (unpaired) electrons. The van der Waals surface area contributed by atoms with Gasteiger partial charge in [0, 0.05) is 22.2 Å². The molecule has 0 unspecified atom stereocenters. The summed E-state index contributed by atoms with van der Waals surface area (Å²) in [5.74, 6) is 0. The smallest absolute Gasteiger partial charge is 0.0630 e. The standard InChI is InChI=1S/C30H24N2S2/c1-3-9-25(10-4-1)13-7-23-31-27-15-19-29(20-16-27)33-34-30-21-17-28(18-22-30)32-24-8-14-26-11-5-2-6-12-26/h1-24H/b13-7-,14-8+,31-23?,32-24?. The van der Waals surface area contributed by atoms with Crippen LogP contribution in [-0.4, -0.2) is 12.4 Å². The van der Waals surface area contributed by atoms with Gasteiger partial charge in [-0.1, -0.05) is 94.4 Å². The molecule has 0 saturated carbocycles. The summed E-state index contributed by atoms with van der Waals surface area (Å²) in [5, 5.41) is 0. The lowest BCUT2D eigenvalue weighted by molar-refractivity contribution is 1.43. The van der Waals surface area contributed by atoms with Gasteiger partial charge in [-0.05, 0) is 71.8 Å². The Morgan fingerprint density at radius 3 is 1.21 bits per heavy atom. The van der Waals surface area contributed by atoms with Crippen LogP contribution in [0, 0.1) is 0 Å². The molecule has 0 fully saturated rings. The topological polar surface area (TPSA) is 24.7 Å². The zero-order valence-corrected chi connectivity index (χ0v) is 20.2. The number of hydrogen-bond acceptors (Lipinski definition) is 4. The van der Waals surface area contributed by atoms with Crippen molar-refractivity contribution in [3.8, 4) is 0 Å². The molecule has 0 aliphatic carbocycles. The van der Waals surface area contributed by atoms with Gasteiger partial charge in [-0.3, -0.25) is 9.98 Å². The van der Waals surface area contributed by atoms with Gasteiger partial charge in [0.1, 0.15) is 0 Å². The average molecular weight is 477 g/mol. The minimum absolute atomic E-state index is 0.940. The lowest BCUT2D eigenvalue weighted by Crippen LogP contribution is -1.73. The summed E-state index contributed by atoms with van der Waals surface area (Å²) in [6.45, 7) is 0. The third-order valence-corrected chi connectivity index (χ3v) is 7.12. The Morgan fingerprint density at radius 2 is 0.824 bits per heavy atom. The molecule has 0 aromatic heterocycles. The molecule has 0 atom stereocenters. The van der Waals surface area contributed by atoms with E-state index in [0.717, 1.165) is 22.5 Å². The Morgan fingerprint density at radius 1 is 0.441 bits per heavy atom. The fraction of sp³-hybridized carbons (Fsp3) is 0. The number of rotatable bonds is 9. The first-order valence-electron chi connectivity index (χ1n) is 10.9. The summed E-state index contributed by atoms with van der Waals surface area (Å²) in [6, 6.07) is 37.0. The Kier molecular flexibility index (Phi) is 9.14. The predicted octanol–water partition coefficient (Wildman–Crippen LogP) is 9.32. The van der Waals surface area contributed by atoms with E-state index < -0.39 is 0 Å². The third-order valence-electron chi connectivity index (χ3n) is 4.70. The maximum Gasteiger partial charge on any atom is 0.0630 e. The molecule has 0 saturated heterocycles. The molecule has 0 amide bonds. The van der Waals surface area contributed by atoms with Gasteiger partial charge in [0.25, 0.3) is 0 Å². The van der Waals surface area contributed by atoms with Crippen molar-refractivity contribution in [3.05, 3.63) is 132 Å². The largest absolute Gasteiger partial charge is 0.257 e. The zero-order valence-electron chi connectivity index (χ0n) is 18.6. The fourth-order valence-electron chi connectivity index (χ4n) is 2.97. The van der Waals surface area contributed by atoms with Gasteiger partial charge in [-0.25, -0.2) is 0 Å². The molecule has 34 heavy (non-hydrogen) atoms. The van der Waals surface area contributed by atoms with Crippen LogP contribution in [0.15, 0.2) is 141 Å². The second kappa shape index (κ2) is 13.2. The van der Waals surface area contributed by atoms with E-state index >= 15 is 0 Å². The molecular weight excluding hydrogens is 452 g/mol. The zero-order chi connectivity index (χ0) is 23.3. The maximum absolute atomic E-state index is 4.49. The van der Waals surface area contributed by atoms with E-state index in [1.165, 1.54) is 9.79 Å². The van der Waals surface area contributed by atoms with Crippen molar-refractivity contribution in [2.75, 3.05) is 0 Å². The second-order valence-corrected chi connectivity index (χ2v) is 9.53. The first-order chi connectivity index (χ1) is 16.8. The van der Waals surface area contributed by atoms with E-state index in [4.69, 9.17) is 0 Å².